The molecule has 0 radical (unpaired) electrons. The number of benzene rings is 2. The minimum absolute atomic E-state index is 0.163. The van der Waals surface area contributed by atoms with Gasteiger partial charge in [-0.05, 0) is 30.0 Å². The normalized spacial score (nSPS) is 15.5. The van der Waals surface area contributed by atoms with Crippen LogP contribution in [-0.2, 0) is 6.42 Å². The Kier molecular flexibility index (Phi) is 3.58. The van der Waals surface area contributed by atoms with Gasteiger partial charge < -0.3 is 10.5 Å². The van der Waals surface area contributed by atoms with Crippen LogP contribution in [0.25, 0.3) is 0 Å². The van der Waals surface area contributed by atoms with E-state index in [0.717, 1.165) is 40.8 Å². The molecule has 2 aromatic carbocycles. The topological polar surface area (TPSA) is 35.2 Å². The molecule has 0 bridgehead atoms. The van der Waals surface area contributed by atoms with Gasteiger partial charge in [-0.1, -0.05) is 52.3 Å². The van der Waals surface area contributed by atoms with Gasteiger partial charge in [-0.3, -0.25) is 0 Å². The summed E-state index contributed by atoms with van der Waals surface area (Å²) in [5.41, 5.74) is 9.86. The second-order valence-electron chi connectivity index (χ2n) is 4.79. The Morgan fingerprint density at radius 2 is 1.84 bits per heavy atom. The van der Waals surface area contributed by atoms with E-state index in [9.17, 15) is 0 Å². The van der Waals surface area contributed by atoms with E-state index in [1.165, 1.54) is 5.56 Å². The molecule has 3 rings (SSSR count). The van der Waals surface area contributed by atoms with Gasteiger partial charge >= 0.3 is 0 Å². The van der Waals surface area contributed by atoms with Crippen LogP contribution in [0.4, 0.5) is 0 Å². The first-order valence-corrected chi connectivity index (χ1v) is 7.31. The lowest BCUT2D eigenvalue weighted by Gasteiger charge is -2.24. The van der Waals surface area contributed by atoms with Crippen molar-refractivity contribution in [3.63, 3.8) is 0 Å². The monoisotopic (exact) mass is 317 g/mol. The average Bonchev–Trinajstić information content (AvgIpc) is 2.46. The Hall–Kier alpha value is -1.32. The third kappa shape index (κ3) is 2.40. The molecule has 0 fully saturated rings. The maximum atomic E-state index is 6.43. The second kappa shape index (κ2) is 5.35. The second-order valence-corrected chi connectivity index (χ2v) is 5.64. The molecular weight excluding hydrogens is 302 g/mol. The number of nitrogens with two attached hydrogens (primary N) is 1. The number of halogens is 1. The standard InChI is InChI=1S/C16H16BrNO/c17-14-9-2-1-7-12(14)15(18)13-8-3-5-11-6-4-10-19-16(11)13/h1-3,5,7-9,15H,4,6,10,18H2. The number of aryl methyl sites for hydroxylation is 1. The molecule has 19 heavy (non-hydrogen) atoms. The molecule has 0 amide bonds. The van der Waals surface area contributed by atoms with Crippen molar-refractivity contribution in [1.29, 1.82) is 0 Å². The van der Waals surface area contributed by atoms with E-state index in [4.69, 9.17) is 10.5 Å². The zero-order valence-corrected chi connectivity index (χ0v) is 12.2. The summed E-state index contributed by atoms with van der Waals surface area (Å²) in [5, 5.41) is 0. The molecule has 2 aromatic rings. The fourth-order valence-corrected chi connectivity index (χ4v) is 3.09. The van der Waals surface area contributed by atoms with Gasteiger partial charge in [0.25, 0.3) is 0 Å². The lowest BCUT2D eigenvalue weighted by molar-refractivity contribution is 0.284. The number of para-hydroxylation sites is 1. The van der Waals surface area contributed by atoms with Gasteiger partial charge in [-0.25, -0.2) is 0 Å². The van der Waals surface area contributed by atoms with Gasteiger partial charge in [0.1, 0.15) is 5.75 Å². The highest BCUT2D eigenvalue weighted by Crippen LogP contribution is 2.36. The number of fused-ring (bicyclic) bond motifs is 1. The number of hydrogen-bond acceptors (Lipinski definition) is 2. The van der Waals surface area contributed by atoms with Crippen molar-refractivity contribution in [2.75, 3.05) is 6.61 Å². The summed E-state index contributed by atoms with van der Waals surface area (Å²) in [6.07, 6.45) is 2.16. The zero-order chi connectivity index (χ0) is 13.2. The fourth-order valence-electron chi connectivity index (χ4n) is 2.55. The molecule has 1 unspecified atom stereocenters. The van der Waals surface area contributed by atoms with Crippen LogP contribution in [0.5, 0.6) is 5.75 Å². The third-order valence-electron chi connectivity index (χ3n) is 3.54. The lowest BCUT2D eigenvalue weighted by atomic mass is 9.94. The Labute approximate surface area is 121 Å². The number of rotatable bonds is 2. The van der Waals surface area contributed by atoms with Crippen LogP contribution in [-0.4, -0.2) is 6.61 Å². The highest BCUT2D eigenvalue weighted by atomic mass is 79.9. The van der Waals surface area contributed by atoms with Gasteiger partial charge in [0.15, 0.2) is 0 Å². The molecule has 2 nitrogen and oxygen atoms in total. The smallest absolute Gasteiger partial charge is 0.127 e. The first kappa shape index (κ1) is 12.7. The molecule has 2 N–H and O–H groups in total. The van der Waals surface area contributed by atoms with Crippen molar-refractivity contribution in [3.8, 4) is 5.75 Å². The van der Waals surface area contributed by atoms with E-state index in [1.807, 2.05) is 18.2 Å². The van der Waals surface area contributed by atoms with Gasteiger partial charge in [0.05, 0.1) is 12.6 Å². The Morgan fingerprint density at radius 1 is 1.05 bits per heavy atom. The average molecular weight is 318 g/mol. The zero-order valence-electron chi connectivity index (χ0n) is 10.6. The predicted octanol–water partition coefficient (Wildman–Crippen LogP) is 3.82. The first-order valence-electron chi connectivity index (χ1n) is 6.52. The van der Waals surface area contributed by atoms with Crippen molar-refractivity contribution in [3.05, 3.63) is 63.6 Å². The minimum Gasteiger partial charge on any atom is -0.493 e. The van der Waals surface area contributed by atoms with Crippen LogP contribution in [0.15, 0.2) is 46.9 Å². The summed E-state index contributed by atoms with van der Waals surface area (Å²) < 4.78 is 6.88. The van der Waals surface area contributed by atoms with Crippen molar-refractivity contribution in [2.45, 2.75) is 18.9 Å². The van der Waals surface area contributed by atoms with Crippen molar-refractivity contribution in [1.82, 2.24) is 0 Å². The summed E-state index contributed by atoms with van der Waals surface area (Å²) in [4.78, 5) is 0. The molecule has 1 atom stereocenters. The first-order chi connectivity index (χ1) is 9.27. The Bertz CT molecular complexity index is 597. The fraction of sp³-hybridized carbons (Fsp3) is 0.250. The van der Waals surface area contributed by atoms with Crippen LogP contribution >= 0.6 is 15.9 Å². The molecule has 0 aromatic heterocycles. The van der Waals surface area contributed by atoms with Crippen molar-refractivity contribution in [2.24, 2.45) is 5.73 Å². The molecule has 1 aliphatic heterocycles. The molecule has 98 valence electrons. The highest BCUT2D eigenvalue weighted by molar-refractivity contribution is 9.10. The molecule has 0 spiro atoms. The quantitative estimate of drug-likeness (QED) is 0.913. The van der Waals surface area contributed by atoms with Crippen LogP contribution in [0.1, 0.15) is 29.2 Å². The maximum absolute atomic E-state index is 6.43. The van der Waals surface area contributed by atoms with E-state index in [2.05, 4.69) is 40.2 Å². The molecule has 0 saturated heterocycles. The Balaban J connectivity index is 2.05. The van der Waals surface area contributed by atoms with E-state index in [-0.39, 0.29) is 6.04 Å². The van der Waals surface area contributed by atoms with Gasteiger partial charge in [-0.2, -0.15) is 0 Å². The summed E-state index contributed by atoms with van der Waals surface area (Å²) >= 11 is 3.57. The molecule has 0 saturated carbocycles. The lowest BCUT2D eigenvalue weighted by Crippen LogP contribution is -2.17. The van der Waals surface area contributed by atoms with E-state index in [0.29, 0.717) is 0 Å². The van der Waals surface area contributed by atoms with Crippen LogP contribution in [0, 0.1) is 0 Å². The molecule has 3 heteroatoms. The third-order valence-corrected chi connectivity index (χ3v) is 4.26. The minimum atomic E-state index is -0.163. The van der Waals surface area contributed by atoms with Crippen LogP contribution in [0.3, 0.4) is 0 Å². The van der Waals surface area contributed by atoms with E-state index in [1.54, 1.807) is 0 Å². The predicted molar refractivity (Wildman–Crippen MR) is 80.4 cm³/mol. The number of hydrogen-bond donors (Lipinski definition) is 1. The summed E-state index contributed by atoms with van der Waals surface area (Å²) in [7, 11) is 0. The number of ether oxygens (including phenoxy) is 1. The highest BCUT2D eigenvalue weighted by Gasteiger charge is 2.20. The molecular formula is C16H16BrNO. The van der Waals surface area contributed by atoms with Crippen molar-refractivity contribution < 1.29 is 4.74 Å². The van der Waals surface area contributed by atoms with E-state index >= 15 is 0 Å². The molecule has 0 aliphatic carbocycles. The van der Waals surface area contributed by atoms with Crippen LogP contribution < -0.4 is 10.5 Å². The summed E-state index contributed by atoms with van der Waals surface area (Å²) in [6.45, 7) is 0.784. The summed E-state index contributed by atoms with van der Waals surface area (Å²) in [5.74, 6) is 0.983. The Morgan fingerprint density at radius 3 is 2.68 bits per heavy atom. The SMILES string of the molecule is NC(c1ccccc1Br)c1cccc2c1OCCC2. The summed E-state index contributed by atoms with van der Waals surface area (Å²) in [6, 6.07) is 14.2. The maximum Gasteiger partial charge on any atom is 0.127 e. The van der Waals surface area contributed by atoms with Gasteiger partial charge in [-0.15, -0.1) is 0 Å². The molecule has 1 aliphatic rings. The van der Waals surface area contributed by atoms with Gasteiger partial charge in [0, 0.05) is 10.0 Å². The van der Waals surface area contributed by atoms with Crippen molar-refractivity contribution >= 4 is 15.9 Å². The van der Waals surface area contributed by atoms with Crippen LogP contribution in [0.2, 0.25) is 0 Å². The van der Waals surface area contributed by atoms with Gasteiger partial charge in [0.2, 0.25) is 0 Å². The molecule has 1 heterocycles. The van der Waals surface area contributed by atoms with E-state index < -0.39 is 0 Å². The largest absolute Gasteiger partial charge is 0.493 e.